The second-order valence-electron chi connectivity index (χ2n) is 4.39. The molecule has 0 saturated heterocycles. The van der Waals surface area contributed by atoms with E-state index in [2.05, 4.69) is 39.5 Å². The van der Waals surface area contributed by atoms with Gasteiger partial charge in [-0.25, -0.2) is 0 Å². The molecular weight excluding hydrogens is 251 g/mol. The van der Waals surface area contributed by atoms with Crippen LogP contribution < -0.4 is 0 Å². The van der Waals surface area contributed by atoms with Crippen LogP contribution in [0.4, 0.5) is 14.1 Å². The normalized spacial score (nSPS) is 8.53. The lowest BCUT2D eigenvalue weighted by Crippen LogP contribution is -2.21. The van der Waals surface area contributed by atoms with Crippen LogP contribution in [0.3, 0.4) is 0 Å². The van der Waals surface area contributed by atoms with Crippen molar-refractivity contribution in [2.75, 3.05) is 19.6 Å². The van der Waals surface area contributed by atoms with Crippen LogP contribution in [0.5, 0.6) is 0 Å². The summed E-state index contributed by atoms with van der Waals surface area (Å²) in [5, 5.41) is 0. The van der Waals surface area contributed by atoms with E-state index in [0.717, 1.165) is 0 Å². The predicted molar refractivity (Wildman–Crippen MR) is 84.6 cm³/mol. The monoisotopic (exact) mass is 289 g/mol. The van der Waals surface area contributed by atoms with Crippen LogP contribution in [-0.2, 0) is 0 Å². The summed E-state index contributed by atoms with van der Waals surface area (Å²) < 4.78 is 0. The Balaban J connectivity index is -0.0000000607. The zero-order valence-corrected chi connectivity index (χ0v) is 13.7. The average Bonchev–Trinajstić information content (AvgIpc) is 2.32. The van der Waals surface area contributed by atoms with Crippen LogP contribution in [0.15, 0.2) is 0 Å². The van der Waals surface area contributed by atoms with Gasteiger partial charge in [0.25, 0.3) is 0 Å². The molecule has 0 aromatic heterocycles. The highest BCUT2D eigenvalue weighted by atomic mass is 19.0. The minimum Gasteiger partial charge on any atom is -0.304 e. The van der Waals surface area contributed by atoms with Crippen LogP contribution >= 0.6 is 0 Å². The van der Waals surface area contributed by atoms with E-state index in [1.807, 2.05) is 0 Å². The molecule has 0 spiro atoms. The molecule has 124 valence electrons. The van der Waals surface area contributed by atoms with Gasteiger partial charge in [0.15, 0.2) is 0 Å². The molecule has 0 amide bonds. The van der Waals surface area contributed by atoms with Gasteiger partial charge in [0, 0.05) is 0 Å². The highest BCUT2D eigenvalue weighted by Crippen LogP contribution is 2.05. The molecule has 0 rings (SSSR count). The molecule has 0 radical (unpaired) electrons. The first-order valence-corrected chi connectivity index (χ1v) is 7.48. The Morgan fingerprint density at radius 2 is 0.737 bits per heavy atom. The van der Waals surface area contributed by atoms with E-state index in [-0.39, 0.29) is 14.1 Å². The van der Waals surface area contributed by atoms with Crippen molar-refractivity contribution in [1.82, 2.24) is 4.90 Å². The molecule has 0 aromatic rings. The highest BCUT2D eigenvalue weighted by molar-refractivity contribution is 4.44. The first-order valence-electron chi connectivity index (χ1n) is 7.48. The van der Waals surface area contributed by atoms with Gasteiger partial charge in [-0.2, -0.15) is 0 Å². The molecule has 0 N–H and O–H groups in total. The summed E-state index contributed by atoms with van der Waals surface area (Å²) in [5.74, 6) is 0. The van der Waals surface area contributed by atoms with Gasteiger partial charge in [-0.05, 0) is 19.6 Å². The number of hydrogen-bond donors (Lipinski definition) is 0. The number of unbranched alkanes of at least 4 members (excludes halogenated alkanes) is 6. The molecule has 4 heteroatoms. The van der Waals surface area contributed by atoms with Crippen LogP contribution in [0.1, 0.15) is 79.6 Å². The van der Waals surface area contributed by atoms with Crippen molar-refractivity contribution in [2.24, 2.45) is 0 Å². The largest absolute Gasteiger partial charge is 0.304 e. The molecular formula is C15H38F3N. The minimum absolute atomic E-state index is 0. The maximum atomic E-state index is 2.38. The van der Waals surface area contributed by atoms with Crippen LogP contribution in [0, 0.1) is 0 Å². The standard InChI is InChI=1S/C9H20.C6H15N.3FH/c1-3-5-7-9-8-6-4-2;1-4-7(5-2)6-3;;;/h3-9H2,1-2H3;4-6H2,1-3H3;3*1H. The first kappa shape index (κ1) is 31.2. The molecule has 0 atom stereocenters. The number of nitrogens with zero attached hydrogens (tertiary/aromatic N) is 1. The second-order valence-corrected chi connectivity index (χ2v) is 4.39. The fraction of sp³-hybridized carbons (Fsp3) is 1.00. The van der Waals surface area contributed by atoms with Crippen LogP contribution in [0.25, 0.3) is 0 Å². The molecule has 0 bridgehead atoms. The highest BCUT2D eigenvalue weighted by Gasteiger charge is 1.89. The van der Waals surface area contributed by atoms with Gasteiger partial charge in [-0.15, -0.1) is 0 Å². The van der Waals surface area contributed by atoms with Crippen LogP contribution in [0.2, 0.25) is 0 Å². The van der Waals surface area contributed by atoms with E-state index in [4.69, 9.17) is 0 Å². The summed E-state index contributed by atoms with van der Waals surface area (Å²) in [6.07, 6.45) is 9.97. The number of halogens is 3. The molecule has 0 heterocycles. The summed E-state index contributed by atoms with van der Waals surface area (Å²) in [5.41, 5.74) is 0. The van der Waals surface area contributed by atoms with Crippen molar-refractivity contribution in [3.63, 3.8) is 0 Å². The van der Waals surface area contributed by atoms with Gasteiger partial charge in [0.1, 0.15) is 0 Å². The van der Waals surface area contributed by atoms with Crippen molar-refractivity contribution in [2.45, 2.75) is 79.6 Å². The summed E-state index contributed by atoms with van der Waals surface area (Å²) in [7, 11) is 0. The van der Waals surface area contributed by atoms with Crippen molar-refractivity contribution < 1.29 is 14.1 Å². The number of rotatable bonds is 9. The Kier molecular flexibility index (Phi) is 50.4. The fourth-order valence-corrected chi connectivity index (χ4v) is 1.70. The summed E-state index contributed by atoms with van der Waals surface area (Å²) >= 11 is 0. The Labute approximate surface area is 119 Å². The zero-order chi connectivity index (χ0) is 12.6. The van der Waals surface area contributed by atoms with Gasteiger partial charge in [-0.3, -0.25) is 14.1 Å². The van der Waals surface area contributed by atoms with E-state index < -0.39 is 0 Å². The third-order valence-electron chi connectivity index (χ3n) is 3.05. The molecule has 0 aliphatic carbocycles. The van der Waals surface area contributed by atoms with Gasteiger partial charge in [0.05, 0.1) is 0 Å². The molecule has 0 aromatic carbocycles. The molecule has 1 nitrogen and oxygen atoms in total. The first-order chi connectivity index (χ1) is 7.76. The molecule has 0 fully saturated rings. The van der Waals surface area contributed by atoms with E-state index >= 15 is 0 Å². The zero-order valence-electron chi connectivity index (χ0n) is 13.7. The molecule has 0 unspecified atom stereocenters. The lowest BCUT2D eigenvalue weighted by atomic mass is 10.1. The number of hydrogen-bond acceptors (Lipinski definition) is 1. The van der Waals surface area contributed by atoms with Crippen molar-refractivity contribution >= 4 is 0 Å². The average molecular weight is 289 g/mol. The maximum absolute atomic E-state index is 2.38. The van der Waals surface area contributed by atoms with Gasteiger partial charge in [-0.1, -0.05) is 79.6 Å². The van der Waals surface area contributed by atoms with Gasteiger partial charge < -0.3 is 4.90 Å². The third-order valence-corrected chi connectivity index (χ3v) is 3.05. The Morgan fingerprint density at radius 1 is 0.474 bits per heavy atom. The fourth-order valence-electron chi connectivity index (χ4n) is 1.70. The Morgan fingerprint density at radius 3 is 0.895 bits per heavy atom. The van der Waals surface area contributed by atoms with E-state index in [0.29, 0.717) is 0 Å². The van der Waals surface area contributed by atoms with Crippen molar-refractivity contribution in [3.8, 4) is 0 Å². The summed E-state index contributed by atoms with van der Waals surface area (Å²) in [6.45, 7) is 14.7. The van der Waals surface area contributed by atoms with E-state index in [9.17, 15) is 0 Å². The van der Waals surface area contributed by atoms with Gasteiger partial charge >= 0.3 is 0 Å². The molecule has 0 aliphatic rings. The molecule has 19 heavy (non-hydrogen) atoms. The summed E-state index contributed by atoms with van der Waals surface area (Å²) in [4.78, 5) is 2.38. The van der Waals surface area contributed by atoms with E-state index in [1.54, 1.807) is 0 Å². The lowest BCUT2D eigenvalue weighted by molar-refractivity contribution is 0.321. The van der Waals surface area contributed by atoms with Crippen molar-refractivity contribution in [1.29, 1.82) is 0 Å². The van der Waals surface area contributed by atoms with E-state index in [1.165, 1.54) is 64.6 Å². The molecule has 0 saturated carbocycles. The third kappa shape index (κ3) is 31.9. The lowest BCUT2D eigenvalue weighted by Gasteiger charge is -2.13. The molecule has 0 aliphatic heterocycles. The van der Waals surface area contributed by atoms with Gasteiger partial charge in [0.2, 0.25) is 0 Å². The van der Waals surface area contributed by atoms with Crippen LogP contribution in [-0.4, -0.2) is 24.5 Å². The summed E-state index contributed by atoms with van der Waals surface area (Å²) in [6, 6.07) is 0. The quantitative estimate of drug-likeness (QED) is 0.502. The minimum atomic E-state index is 0. The van der Waals surface area contributed by atoms with Crippen molar-refractivity contribution in [3.05, 3.63) is 0 Å². The Hall–Kier alpha value is -0.250. The topological polar surface area (TPSA) is 3.24 Å². The maximum Gasteiger partial charge on any atom is -0.00474 e. The second kappa shape index (κ2) is 30.6. The Bertz CT molecular complexity index is 98.1. The predicted octanol–water partition coefficient (Wildman–Crippen LogP) is 5.56. The SMILES string of the molecule is CCCCCCCCC.CCN(CC)CC.F.F.F. The smallest absolute Gasteiger partial charge is 0.00474 e.